The number of carbonyl (C=O) groups is 4. The molecule has 2 amide bonds. The summed E-state index contributed by atoms with van der Waals surface area (Å²) in [6.07, 6.45) is 0.0176. The predicted octanol–water partition coefficient (Wildman–Crippen LogP) is 0.980. The number of hydrogen-bond acceptors (Lipinski definition) is 7. The van der Waals surface area contributed by atoms with Crippen molar-refractivity contribution in [2.75, 3.05) is 0 Å². The molecule has 1 heterocycles. The Morgan fingerprint density at radius 2 is 1.67 bits per heavy atom. The average molecular weight is 334 g/mol. The van der Waals surface area contributed by atoms with Crippen LogP contribution in [0.1, 0.15) is 37.0 Å². The Kier molecular flexibility index (Phi) is 5.64. The van der Waals surface area contributed by atoms with E-state index in [9.17, 15) is 19.2 Å². The number of imide groups is 1. The third-order valence-corrected chi connectivity index (χ3v) is 3.40. The molecule has 8 nitrogen and oxygen atoms in total. The van der Waals surface area contributed by atoms with Gasteiger partial charge in [-0.25, -0.2) is 9.59 Å². The van der Waals surface area contributed by atoms with Crippen LogP contribution >= 0.6 is 0 Å². The van der Waals surface area contributed by atoms with Gasteiger partial charge >= 0.3 is 11.9 Å². The van der Waals surface area contributed by atoms with Gasteiger partial charge in [-0.3, -0.25) is 9.59 Å². The largest absolute Gasteiger partial charge is 0.366 e. The molecule has 1 saturated heterocycles. The minimum absolute atomic E-state index is 0.00881. The van der Waals surface area contributed by atoms with Crippen LogP contribution < -0.4 is 5.48 Å². The topological polar surface area (TPSA) is 102 Å². The highest BCUT2D eigenvalue weighted by Crippen LogP contribution is 2.14. The highest BCUT2D eigenvalue weighted by molar-refractivity contribution is 6.01. The number of nitrogens with zero attached hydrogens (tertiary/aromatic N) is 1. The highest BCUT2D eigenvalue weighted by atomic mass is 16.7. The van der Waals surface area contributed by atoms with Crippen LogP contribution in [0.3, 0.4) is 0 Å². The van der Waals surface area contributed by atoms with Crippen molar-refractivity contribution >= 4 is 23.8 Å². The van der Waals surface area contributed by atoms with E-state index >= 15 is 0 Å². The molecule has 2 rings (SSSR count). The second kappa shape index (κ2) is 7.69. The van der Waals surface area contributed by atoms with Gasteiger partial charge in [0.25, 0.3) is 11.8 Å². The van der Waals surface area contributed by atoms with Crippen LogP contribution in [0.4, 0.5) is 0 Å². The Morgan fingerprint density at radius 1 is 1.08 bits per heavy atom. The molecule has 0 unspecified atom stereocenters. The van der Waals surface area contributed by atoms with Gasteiger partial charge < -0.3 is 9.68 Å². The highest BCUT2D eigenvalue weighted by Gasteiger charge is 2.36. The van der Waals surface area contributed by atoms with Crippen LogP contribution in [0.5, 0.6) is 0 Å². The molecule has 24 heavy (non-hydrogen) atoms. The molecule has 1 atom stereocenters. The summed E-state index contributed by atoms with van der Waals surface area (Å²) < 4.78 is 0. The third kappa shape index (κ3) is 4.17. The van der Waals surface area contributed by atoms with E-state index in [1.807, 2.05) is 0 Å². The van der Waals surface area contributed by atoms with E-state index in [2.05, 4.69) is 5.48 Å². The van der Waals surface area contributed by atoms with Gasteiger partial charge in [-0.1, -0.05) is 32.0 Å². The summed E-state index contributed by atoms with van der Waals surface area (Å²) in [4.78, 5) is 56.8. The molecule has 8 heteroatoms. The van der Waals surface area contributed by atoms with Crippen molar-refractivity contribution in [1.82, 2.24) is 10.5 Å². The normalized spacial score (nSPS) is 15.5. The fourth-order valence-electron chi connectivity index (χ4n) is 2.01. The molecule has 0 radical (unpaired) electrons. The van der Waals surface area contributed by atoms with Crippen LogP contribution in [-0.2, 0) is 24.1 Å². The van der Waals surface area contributed by atoms with Crippen LogP contribution in [-0.4, -0.2) is 34.9 Å². The monoisotopic (exact) mass is 334 g/mol. The summed E-state index contributed by atoms with van der Waals surface area (Å²) in [5.41, 5.74) is 2.66. The van der Waals surface area contributed by atoms with Crippen LogP contribution in [0, 0.1) is 5.92 Å². The average Bonchev–Trinajstić information content (AvgIpc) is 2.87. The smallest absolute Gasteiger partial charge is 0.356 e. The van der Waals surface area contributed by atoms with Crippen molar-refractivity contribution in [1.29, 1.82) is 0 Å². The first-order valence-corrected chi connectivity index (χ1v) is 7.49. The predicted molar refractivity (Wildman–Crippen MR) is 80.8 cm³/mol. The molecule has 0 spiro atoms. The van der Waals surface area contributed by atoms with E-state index in [1.165, 1.54) is 0 Å². The zero-order chi connectivity index (χ0) is 17.7. The lowest BCUT2D eigenvalue weighted by molar-refractivity contribution is -0.201. The summed E-state index contributed by atoms with van der Waals surface area (Å²) in [6.45, 7) is 3.39. The van der Waals surface area contributed by atoms with E-state index in [0.29, 0.717) is 10.6 Å². The first-order chi connectivity index (χ1) is 11.4. The Bertz CT molecular complexity index is 627. The summed E-state index contributed by atoms with van der Waals surface area (Å²) in [7, 11) is 0. The Morgan fingerprint density at radius 3 is 2.21 bits per heavy atom. The molecule has 1 aliphatic rings. The van der Waals surface area contributed by atoms with Crippen molar-refractivity contribution in [2.45, 2.75) is 32.7 Å². The van der Waals surface area contributed by atoms with E-state index < -0.39 is 29.8 Å². The molecule has 1 aromatic carbocycles. The maximum absolute atomic E-state index is 12.2. The van der Waals surface area contributed by atoms with E-state index in [1.54, 1.807) is 44.2 Å². The SMILES string of the molecule is CC(C)[C@H](NOC(=O)c1ccccc1)C(=O)ON1C(=O)CCC1=O. The summed E-state index contributed by atoms with van der Waals surface area (Å²) in [6, 6.07) is 7.20. The molecule has 128 valence electrons. The molecule has 1 fully saturated rings. The number of nitrogens with one attached hydrogen (secondary N) is 1. The summed E-state index contributed by atoms with van der Waals surface area (Å²) in [5, 5.41) is 0.457. The van der Waals surface area contributed by atoms with Crippen molar-refractivity contribution in [2.24, 2.45) is 5.92 Å². The zero-order valence-corrected chi connectivity index (χ0v) is 13.4. The van der Waals surface area contributed by atoms with E-state index in [4.69, 9.17) is 9.68 Å². The van der Waals surface area contributed by atoms with Gasteiger partial charge in [0.1, 0.15) is 6.04 Å². The number of amides is 2. The Balaban J connectivity index is 1.96. The lowest BCUT2D eigenvalue weighted by atomic mass is 10.1. The quantitative estimate of drug-likeness (QED) is 0.611. The van der Waals surface area contributed by atoms with Crippen molar-refractivity contribution in [3.63, 3.8) is 0 Å². The molecule has 0 aromatic heterocycles. The molecule has 0 bridgehead atoms. The standard InChI is InChI=1S/C16H18N2O6/c1-10(2)14(16(22)24-18-12(19)8-9-13(18)20)17-23-15(21)11-6-4-3-5-7-11/h3-7,10,14,17H,8-9H2,1-2H3/t14-/m0/s1. The van der Waals surface area contributed by atoms with Gasteiger partial charge in [-0.2, -0.15) is 0 Å². The third-order valence-electron chi connectivity index (χ3n) is 3.40. The Labute approximate surface area is 138 Å². The number of rotatable bonds is 6. The van der Waals surface area contributed by atoms with Gasteiger partial charge in [-0.05, 0) is 18.1 Å². The van der Waals surface area contributed by atoms with Gasteiger partial charge in [-0.15, -0.1) is 10.5 Å². The minimum atomic E-state index is -1.03. The second-order valence-corrected chi connectivity index (χ2v) is 5.59. The fourth-order valence-corrected chi connectivity index (χ4v) is 2.01. The Hall–Kier alpha value is -2.74. The molecular weight excluding hydrogens is 316 g/mol. The lowest BCUT2D eigenvalue weighted by Crippen LogP contribution is -2.46. The number of hydroxylamine groups is 3. The lowest BCUT2D eigenvalue weighted by Gasteiger charge is -2.21. The molecule has 1 aliphatic heterocycles. The maximum Gasteiger partial charge on any atom is 0.356 e. The zero-order valence-electron chi connectivity index (χ0n) is 13.4. The first-order valence-electron chi connectivity index (χ1n) is 7.49. The number of carbonyl (C=O) groups excluding carboxylic acids is 4. The minimum Gasteiger partial charge on any atom is -0.366 e. The van der Waals surface area contributed by atoms with E-state index in [-0.39, 0.29) is 18.8 Å². The maximum atomic E-state index is 12.2. The van der Waals surface area contributed by atoms with Gasteiger partial charge in [0, 0.05) is 12.8 Å². The molecule has 1 N–H and O–H groups in total. The molecular formula is C16H18N2O6. The van der Waals surface area contributed by atoms with Crippen LogP contribution in [0.15, 0.2) is 30.3 Å². The van der Waals surface area contributed by atoms with Crippen molar-refractivity contribution in [3.05, 3.63) is 35.9 Å². The van der Waals surface area contributed by atoms with Crippen molar-refractivity contribution in [3.8, 4) is 0 Å². The van der Waals surface area contributed by atoms with E-state index in [0.717, 1.165) is 0 Å². The number of benzene rings is 1. The van der Waals surface area contributed by atoms with Gasteiger partial charge in [0.15, 0.2) is 0 Å². The fraction of sp³-hybridized carbons (Fsp3) is 0.375. The molecule has 0 aliphatic carbocycles. The molecule has 1 aromatic rings. The van der Waals surface area contributed by atoms with Crippen LogP contribution in [0.25, 0.3) is 0 Å². The van der Waals surface area contributed by atoms with Crippen LogP contribution in [0.2, 0.25) is 0 Å². The van der Waals surface area contributed by atoms with Gasteiger partial charge in [0.2, 0.25) is 0 Å². The summed E-state index contributed by atoms with van der Waals surface area (Å²) in [5.74, 6) is -3.00. The first kappa shape index (κ1) is 17.6. The summed E-state index contributed by atoms with van der Waals surface area (Å²) >= 11 is 0. The van der Waals surface area contributed by atoms with Crippen molar-refractivity contribution < 1.29 is 28.9 Å². The second-order valence-electron chi connectivity index (χ2n) is 5.59. The number of hydrogen-bond donors (Lipinski definition) is 1. The van der Waals surface area contributed by atoms with Gasteiger partial charge in [0.05, 0.1) is 5.56 Å². The molecule has 0 saturated carbocycles.